The minimum Gasteiger partial charge on any atom is -0.354 e. The molecule has 1 atom stereocenters. The van der Waals surface area contributed by atoms with Gasteiger partial charge in [-0.2, -0.15) is 0 Å². The summed E-state index contributed by atoms with van der Waals surface area (Å²) >= 11 is 0. The van der Waals surface area contributed by atoms with Crippen LogP contribution >= 0.6 is 0 Å². The summed E-state index contributed by atoms with van der Waals surface area (Å²) in [4.78, 5) is 28.0. The molecule has 5 heteroatoms. The van der Waals surface area contributed by atoms with Crippen LogP contribution in [0, 0.1) is 0 Å². The highest BCUT2D eigenvalue weighted by molar-refractivity contribution is 5.94. The van der Waals surface area contributed by atoms with Gasteiger partial charge < -0.3 is 15.1 Å². The Morgan fingerprint density at radius 2 is 1.46 bits per heavy atom. The van der Waals surface area contributed by atoms with Crippen LogP contribution in [-0.2, 0) is 11.2 Å². The molecular weight excluding hydrogens is 350 g/mol. The molecule has 1 fully saturated rings. The predicted molar refractivity (Wildman–Crippen MR) is 112 cm³/mol. The molecule has 3 rings (SSSR count). The van der Waals surface area contributed by atoms with E-state index in [2.05, 4.69) is 41.5 Å². The van der Waals surface area contributed by atoms with Crippen molar-refractivity contribution in [2.75, 3.05) is 33.2 Å². The summed E-state index contributed by atoms with van der Waals surface area (Å²) in [7, 11) is 2.09. The van der Waals surface area contributed by atoms with E-state index in [1.807, 2.05) is 36.1 Å². The van der Waals surface area contributed by atoms with Crippen molar-refractivity contribution in [1.29, 1.82) is 0 Å². The van der Waals surface area contributed by atoms with E-state index in [-0.39, 0.29) is 17.9 Å². The first-order valence-electron chi connectivity index (χ1n) is 9.86. The minimum absolute atomic E-state index is 0.00432. The average Bonchev–Trinajstić information content (AvgIpc) is 2.68. The molecule has 0 spiro atoms. The molecule has 1 saturated heterocycles. The van der Waals surface area contributed by atoms with Gasteiger partial charge in [-0.05, 0) is 49.2 Å². The topological polar surface area (TPSA) is 52.7 Å². The van der Waals surface area contributed by atoms with E-state index in [9.17, 15) is 9.59 Å². The lowest BCUT2D eigenvalue weighted by Crippen LogP contribution is -2.47. The predicted octanol–water partition coefficient (Wildman–Crippen LogP) is 2.81. The molecular formula is C23H29N3O2. The largest absolute Gasteiger partial charge is 0.354 e. The molecule has 0 saturated carbocycles. The maximum atomic E-state index is 12.7. The number of hydrogen-bond donors (Lipinski definition) is 1. The molecule has 1 unspecified atom stereocenters. The summed E-state index contributed by atoms with van der Waals surface area (Å²) in [6, 6.07) is 16.3. The Hall–Kier alpha value is -2.66. The minimum atomic E-state index is -0.00432. The monoisotopic (exact) mass is 379 g/mol. The summed E-state index contributed by atoms with van der Waals surface area (Å²) in [5.74, 6) is 0.109. The molecule has 0 aromatic heterocycles. The lowest BCUT2D eigenvalue weighted by molar-refractivity contribution is -0.119. The van der Waals surface area contributed by atoms with Crippen molar-refractivity contribution >= 4 is 11.8 Å². The second-order valence-electron chi connectivity index (χ2n) is 7.68. The van der Waals surface area contributed by atoms with Crippen LogP contribution in [-0.4, -0.2) is 60.9 Å². The average molecular weight is 380 g/mol. The highest BCUT2D eigenvalue weighted by Gasteiger charge is 2.20. The van der Waals surface area contributed by atoms with Crippen molar-refractivity contribution in [3.63, 3.8) is 0 Å². The molecule has 2 aromatic rings. The van der Waals surface area contributed by atoms with E-state index >= 15 is 0 Å². The first-order chi connectivity index (χ1) is 13.4. The molecule has 1 aliphatic heterocycles. The number of carbonyl (C=O) groups excluding carboxylic acids is 2. The van der Waals surface area contributed by atoms with Crippen LogP contribution in [0.5, 0.6) is 0 Å². The zero-order valence-electron chi connectivity index (χ0n) is 16.9. The molecule has 1 N–H and O–H groups in total. The number of nitrogens with zero attached hydrogens (tertiary/aromatic N) is 2. The van der Waals surface area contributed by atoms with E-state index in [1.54, 1.807) is 0 Å². The van der Waals surface area contributed by atoms with Gasteiger partial charge in [0.15, 0.2) is 0 Å². The van der Waals surface area contributed by atoms with E-state index < -0.39 is 0 Å². The summed E-state index contributed by atoms with van der Waals surface area (Å²) in [6.07, 6.45) is 0.804. The maximum absolute atomic E-state index is 12.7. The van der Waals surface area contributed by atoms with Gasteiger partial charge in [0.05, 0.1) is 0 Å². The first kappa shape index (κ1) is 20.1. The van der Waals surface area contributed by atoms with Gasteiger partial charge in [0.2, 0.25) is 5.91 Å². The maximum Gasteiger partial charge on any atom is 0.253 e. The standard InChI is InChI=1S/C23H29N3O2/c1-17(24-18(2)27)16-19-4-6-20(7-5-19)21-8-10-22(11-9-21)23(28)26-14-12-25(3)13-15-26/h4-11,17H,12-16H2,1-3H3,(H,24,27). The molecule has 5 nitrogen and oxygen atoms in total. The number of amides is 2. The second kappa shape index (κ2) is 9.02. The van der Waals surface area contributed by atoms with Gasteiger partial charge in [0.1, 0.15) is 0 Å². The van der Waals surface area contributed by atoms with Gasteiger partial charge in [-0.3, -0.25) is 9.59 Å². The Morgan fingerprint density at radius 1 is 0.929 bits per heavy atom. The fourth-order valence-corrected chi connectivity index (χ4v) is 3.58. The van der Waals surface area contributed by atoms with Crippen LogP contribution in [0.2, 0.25) is 0 Å². The lowest BCUT2D eigenvalue weighted by atomic mass is 10.00. The van der Waals surface area contributed by atoms with Crippen LogP contribution in [0.4, 0.5) is 0 Å². The first-order valence-corrected chi connectivity index (χ1v) is 9.86. The molecule has 2 amide bonds. The molecule has 148 valence electrons. The highest BCUT2D eigenvalue weighted by atomic mass is 16.2. The quantitative estimate of drug-likeness (QED) is 0.869. The van der Waals surface area contributed by atoms with Crippen molar-refractivity contribution in [2.24, 2.45) is 0 Å². The van der Waals surface area contributed by atoms with Crippen molar-refractivity contribution in [3.8, 4) is 11.1 Å². The van der Waals surface area contributed by atoms with E-state index in [0.29, 0.717) is 0 Å². The summed E-state index contributed by atoms with van der Waals surface area (Å²) < 4.78 is 0. The number of piperazine rings is 1. The van der Waals surface area contributed by atoms with Gasteiger partial charge in [-0.25, -0.2) is 0 Å². The molecule has 0 radical (unpaired) electrons. The molecule has 1 heterocycles. The van der Waals surface area contributed by atoms with Gasteiger partial charge in [-0.15, -0.1) is 0 Å². The zero-order chi connectivity index (χ0) is 20.1. The molecule has 28 heavy (non-hydrogen) atoms. The van der Waals surface area contributed by atoms with Crippen LogP contribution < -0.4 is 5.32 Å². The van der Waals surface area contributed by atoms with Crippen LogP contribution in [0.25, 0.3) is 11.1 Å². The Morgan fingerprint density at radius 3 is 2.00 bits per heavy atom. The smallest absolute Gasteiger partial charge is 0.253 e. The third-order valence-corrected chi connectivity index (χ3v) is 5.20. The third-order valence-electron chi connectivity index (χ3n) is 5.20. The van der Waals surface area contributed by atoms with Gasteiger partial charge in [-0.1, -0.05) is 36.4 Å². The van der Waals surface area contributed by atoms with Crippen LogP contribution in [0.3, 0.4) is 0 Å². The number of nitrogens with one attached hydrogen (secondary N) is 1. The number of rotatable bonds is 5. The van der Waals surface area contributed by atoms with Crippen LogP contribution in [0.15, 0.2) is 48.5 Å². The van der Waals surface area contributed by atoms with Crippen molar-refractivity contribution < 1.29 is 9.59 Å². The Labute approximate surface area is 167 Å². The number of benzene rings is 2. The Balaban J connectivity index is 1.63. The lowest BCUT2D eigenvalue weighted by Gasteiger charge is -2.32. The number of carbonyl (C=O) groups is 2. The van der Waals surface area contributed by atoms with Crippen LogP contribution in [0.1, 0.15) is 29.8 Å². The van der Waals surface area contributed by atoms with Crippen molar-refractivity contribution in [1.82, 2.24) is 15.1 Å². The third kappa shape index (κ3) is 5.20. The van der Waals surface area contributed by atoms with Crippen molar-refractivity contribution in [3.05, 3.63) is 59.7 Å². The number of hydrogen-bond acceptors (Lipinski definition) is 3. The summed E-state index contributed by atoms with van der Waals surface area (Å²) in [5.41, 5.74) is 4.15. The fraction of sp³-hybridized carbons (Fsp3) is 0.391. The van der Waals surface area contributed by atoms with E-state index in [0.717, 1.165) is 49.3 Å². The molecule has 0 bridgehead atoms. The van der Waals surface area contributed by atoms with Gasteiger partial charge in [0.25, 0.3) is 5.91 Å². The van der Waals surface area contributed by atoms with E-state index in [4.69, 9.17) is 0 Å². The molecule has 0 aliphatic carbocycles. The Bertz CT molecular complexity index is 807. The van der Waals surface area contributed by atoms with Gasteiger partial charge >= 0.3 is 0 Å². The molecule has 1 aliphatic rings. The zero-order valence-corrected chi connectivity index (χ0v) is 16.9. The Kier molecular flexibility index (Phi) is 6.47. The fourth-order valence-electron chi connectivity index (χ4n) is 3.58. The summed E-state index contributed by atoms with van der Waals surface area (Å²) in [5, 5.41) is 2.91. The second-order valence-corrected chi connectivity index (χ2v) is 7.68. The SMILES string of the molecule is CC(=O)NC(C)Cc1ccc(-c2ccc(C(=O)N3CCN(C)CC3)cc2)cc1. The summed E-state index contributed by atoms with van der Waals surface area (Å²) in [6.45, 7) is 6.97. The normalized spacial score (nSPS) is 15.9. The van der Waals surface area contributed by atoms with Gasteiger partial charge in [0, 0.05) is 44.7 Å². The number of likely N-dealkylation sites (N-methyl/N-ethyl adjacent to an activating group) is 1. The molecule has 2 aromatic carbocycles. The van der Waals surface area contributed by atoms with E-state index in [1.165, 1.54) is 12.5 Å². The van der Waals surface area contributed by atoms with Crippen molar-refractivity contribution in [2.45, 2.75) is 26.3 Å². The highest BCUT2D eigenvalue weighted by Crippen LogP contribution is 2.21.